The second kappa shape index (κ2) is 10.1. The topological polar surface area (TPSA) is 74.3 Å². The fourth-order valence-electron chi connectivity index (χ4n) is 5.14. The highest BCUT2D eigenvalue weighted by atomic mass is 35.5. The van der Waals surface area contributed by atoms with Crippen LogP contribution in [0.5, 0.6) is 0 Å². The molecule has 0 bridgehead atoms. The van der Waals surface area contributed by atoms with Gasteiger partial charge >= 0.3 is 0 Å². The van der Waals surface area contributed by atoms with Gasteiger partial charge in [0.1, 0.15) is 5.76 Å². The van der Waals surface area contributed by atoms with Crippen molar-refractivity contribution >= 4 is 45.9 Å². The predicted molar refractivity (Wildman–Crippen MR) is 147 cm³/mol. The zero-order valence-corrected chi connectivity index (χ0v) is 21.1. The summed E-state index contributed by atoms with van der Waals surface area (Å²) in [5.74, 6) is -0.401. The van der Waals surface area contributed by atoms with Gasteiger partial charge in [0.15, 0.2) is 0 Å². The van der Waals surface area contributed by atoms with Crippen molar-refractivity contribution in [2.45, 2.75) is 0 Å². The maximum Gasteiger partial charge on any atom is 0.260 e. The van der Waals surface area contributed by atoms with Crippen LogP contribution in [-0.4, -0.2) is 63.6 Å². The van der Waals surface area contributed by atoms with Crippen molar-refractivity contribution in [3.63, 3.8) is 0 Å². The molecule has 3 aliphatic rings. The van der Waals surface area contributed by atoms with E-state index in [0.29, 0.717) is 35.1 Å². The fraction of sp³-hybridized carbons (Fsp3) is 0.276. The van der Waals surface area contributed by atoms with E-state index in [4.69, 9.17) is 21.1 Å². The number of carbonyl (C=O) groups is 1. The number of morpholine rings is 2. The summed E-state index contributed by atoms with van der Waals surface area (Å²) in [6, 6.07) is 19.5. The zero-order chi connectivity index (χ0) is 25.4. The summed E-state index contributed by atoms with van der Waals surface area (Å²) in [7, 11) is 0. The van der Waals surface area contributed by atoms with Crippen LogP contribution >= 0.6 is 11.6 Å². The lowest BCUT2D eigenvalue weighted by Crippen LogP contribution is -2.36. The molecule has 6 rings (SSSR count). The first-order valence-electron chi connectivity index (χ1n) is 12.5. The van der Waals surface area contributed by atoms with Crippen LogP contribution in [0.2, 0.25) is 5.02 Å². The molecule has 0 saturated carbocycles. The molecule has 0 spiro atoms. The number of nitrogens with zero attached hydrogens (tertiary/aromatic N) is 2. The van der Waals surface area contributed by atoms with Crippen LogP contribution < -0.4 is 15.1 Å². The van der Waals surface area contributed by atoms with Crippen LogP contribution in [0.1, 0.15) is 11.1 Å². The fourth-order valence-corrected chi connectivity index (χ4v) is 5.41. The van der Waals surface area contributed by atoms with Gasteiger partial charge in [-0.1, -0.05) is 35.9 Å². The van der Waals surface area contributed by atoms with E-state index < -0.39 is 0 Å². The van der Waals surface area contributed by atoms with Crippen LogP contribution in [0.25, 0.3) is 22.5 Å². The van der Waals surface area contributed by atoms with E-state index in [1.54, 1.807) is 6.07 Å². The van der Waals surface area contributed by atoms with E-state index in [0.717, 1.165) is 61.9 Å². The van der Waals surface area contributed by atoms with E-state index in [1.807, 2.05) is 42.5 Å². The highest BCUT2D eigenvalue weighted by molar-refractivity contribution is 6.38. The summed E-state index contributed by atoms with van der Waals surface area (Å²) in [6.45, 7) is 6.11. The molecule has 2 N–H and O–H groups in total. The van der Waals surface area contributed by atoms with Crippen molar-refractivity contribution in [1.82, 2.24) is 0 Å². The first-order valence-corrected chi connectivity index (χ1v) is 12.9. The monoisotopic (exact) mass is 517 g/mol. The van der Waals surface area contributed by atoms with E-state index >= 15 is 0 Å². The Morgan fingerprint density at radius 3 is 2.14 bits per heavy atom. The van der Waals surface area contributed by atoms with E-state index in [9.17, 15) is 9.90 Å². The molecule has 1 amide bonds. The van der Waals surface area contributed by atoms with Gasteiger partial charge in [-0.3, -0.25) is 4.79 Å². The minimum Gasteiger partial charge on any atom is -0.506 e. The highest BCUT2D eigenvalue weighted by Gasteiger charge is 2.30. The van der Waals surface area contributed by atoms with Crippen molar-refractivity contribution in [1.29, 1.82) is 0 Å². The molecule has 190 valence electrons. The normalized spacial score (nSPS) is 19.0. The molecule has 37 heavy (non-hydrogen) atoms. The molecule has 3 heterocycles. The number of anilines is 3. The second-order valence-electron chi connectivity index (χ2n) is 9.35. The van der Waals surface area contributed by atoms with Gasteiger partial charge in [0.25, 0.3) is 5.91 Å². The van der Waals surface area contributed by atoms with Crippen molar-refractivity contribution in [3.05, 3.63) is 76.8 Å². The van der Waals surface area contributed by atoms with Crippen molar-refractivity contribution < 1.29 is 19.4 Å². The van der Waals surface area contributed by atoms with Crippen LogP contribution in [-0.2, 0) is 14.3 Å². The Hall–Kier alpha value is -3.52. The summed E-state index contributed by atoms with van der Waals surface area (Å²) in [6.07, 6.45) is 0. The second-order valence-corrected chi connectivity index (χ2v) is 9.76. The summed E-state index contributed by atoms with van der Waals surface area (Å²) in [4.78, 5) is 17.5. The molecular formula is C29H28ClN3O4. The van der Waals surface area contributed by atoms with Gasteiger partial charge in [-0.15, -0.1) is 0 Å². The Morgan fingerprint density at radius 1 is 0.811 bits per heavy atom. The van der Waals surface area contributed by atoms with Crippen LogP contribution in [0.15, 0.2) is 60.7 Å². The summed E-state index contributed by atoms with van der Waals surface area (Å²) >= 11 is 6.66. The third-order valence-corrected chi connectivity index (χ3v) is 7.45. The number of fused-ring (bicyclic) bond motifs is 1. The van der Waals surface area contributed by atoms with Crippen LogP contribution in [0.4, 0.5) is 17.1 Å². The molecule has 0 aliphatic carbocycles. The van der Waals surface area contributed by atoms with E-state index in [2.05, 4.69) is 27.2 Å². The Bertz CT molecular complexity index is 1360. The number of nitrogens with one attached hydrogen (secondary N) is 1. The largest absolute Gasteiger partial charge is 0.506 e. The number of ether oxygens (including phenoxy) is 2. The molecule has 2 fully saturated rings. The molecule has 0 unspecified atom stereocenters. The predicted octanol–water partition coefficient (Wildman–Crippen LogP) is 5.06. The quantitative estimate of drug-likeness (QED) is 0.372. The number of amides is 1. The number of rotatable bonds is 4. The zero-order valence-electron chi connectivity index (χ0n) is 20.4. The van der Waals surface area contributed by atoms with Gasteiger partial charge in [0.2, 0.25) is 0 Å². The number of carbonyl (C=O) groups excluding carboxylic acids is 1. The first kappa shape index (κ1) is 23.9. The van der Waals surface area contributed by atoms with Crippen molar-refractivity contribution in [2.75, 3.05) is 67.7 Å². The Labute approximate surface area is 220 Å². The van der Waals surface area contributed by atoms with Gasteiger partial charge < -0.3 is 29.7 Å². The smallest absolute Gasteiger partial charge is 0.260 e. The number of hydrogen-bond acceptors (Lipinski definition) is 6. The third-order valence-electron chi connectivity index (χ3n) is 7.14. The minimum atomic E-state index is -0.347. The molecule has 7 nitrogen and oxygen atoms in total. The lowest BCUT2D eigenvalue weighted by Gasteiger charge is -2.29. The summed E-state index contributed by atoms with van der Waals surface area (Å²) < 4.78 is 10.9. The maximum absolute atomic E-state index is 13.0. The molecular weight excluding hydrogens is 490 g/mol. The van der Waals surface area contributed by atoms with E-state index in [1.165, 1.54) is 0 Å². The van der Waals surface area contributed by atoms with Crippen molar-refractivity contribution in [3.8, 4) is 11.1 Å². The molecule has 3 aliphatic heterocycles. The number of hydrogen-bond donors (Lipinski definition) is 2. The molecule has 3 aromatic rings. The third kappa shape index (κ3) is 4.66. The SMILES string of the molecule is O=C1Nc2cc(Cl)c(-c3ccc(N4CCOCC4)cc3)cc2/C1=C(\O)c1cccc(N2CCOCC2)c1. The number of aliphatic hydroxyl groups is 1. The molecule has 8 heteroatoms. The molecule has 0 aromatic heterocycles. The Balaban J connectivity index is 1.35. The number of aliphatic hydroxyl groups excluding tert-OH is 1. The molecule has 2 saturated heterocycles. The van der Waals surface area contributed by atoms with Crippen molar-refractivity contribution in [2.24, 2.45) is 0 Å². The average molecular weight is 518 g/mol. The number of halogens is 1. The first-order chi connectivity index (χ1) is 18.1. The molecule has 3 aromatic carbocycles. The van der Waals surface area contributed by atoms with Crippen LogP contribution in [0, 0.1) is 0 Å². The standard InChI is InChI=1S/C29H28ClN3O4/c30-25-18-26-24(17-23(25)19-4-6-21(7-5-19)32-8-12-36-13-9-32)27(29(35)31-26)28(34)20-2-1-3-22(16-20)33-10-14-37-15-11-33/h1-7,16-18,34H,8-15H2,(H,31,35)/b28-27+. The summed E-state index contributed by atoms with van der Waals surface area (Å²) in [5, 5.41) is 14.7. The maximum atomic E-state index is 13.0. The van der Waals surface area contributed by atoms with Gasteiger partial charge in [0, 0.05) is 54.2 Å². The van der Waals surface area contributed by atoms with Gasteiger partial charge in [0.05, 0.1) is 42.7 Å². The molecule has 0 radical (unpaired) electrons. The number of benzene rings is 3. The van der Waals surface area contributed by atoms with Crippen LogP contribution in [0.3, 0.4) is 0 Å². The Kier molecular flexibility index (Phi) is 6.50. The minimum absolute atomic E-state index is 0.0534. The lowest BCUT2D eigenvalue weighted by molar-refractivity contribution is -0.110. The Morgan fingerprint density at radius 2 is 1.46 bits per heavy atom. The molecule has 0 atom stereocenters. The highest BCUT2D eigenvalue weighted by Crippen LogP contribution is 2.42. The average Bonchev–Trinajstić information content (AvgIpc) is 3.27. The van der Waals surface area contributed by atoms with E-state index in [-0.39, 0.29) is 17.2 Å². The van der Waals surface area contributed by atoms with Gasteiger partial charge in [-0.2, -0.15) is 0 Å². The van der Waals surface area contributed by atoms with Gasteiger partial charge in [-0.25, -0.2) is 0 Å². The van der Waals surface area contributed by atoms with Gasteiger partial charge in [-0.05, 0) is 42.0 Å². The lowest BCUT2D eigenvalue weighted by atomic mass is 9.97. The summed E-state index contributed by atoms with van der Waals surface area (Å²) in [5.41, 5.74) is 5.94.